The second kappa shape index (κ2) is 17.5. The van der Waals surface area contributed by atoms with Crippen LogP contribution < -0.4 is 0 Å². The summed E-state index contributed by atoms with van der Waals surface area (Å²) >= 11 is 0. The van der Waals surface area contributed by atoms with Crippen LogP contribution in [0.4, 0.5) is 26.3 Å². The molecule has 0 spiro atoms. The molecule has 0 aromatic carbocycles. The standard InChI is InChI=1S/C22H34F6O8/c1-15(2)19(29)35-17(11-33-13-21(23,24)25)9-31-7-5-6-8-32-10-18(36-20(30)16(3)4)12-34-14-22(26,27)28/h16-18H,1,5-14H2,2-4H3. The van der Waals surface area contributed by atoms with E-state index in [-0.39, 0.29) is 32.0 Å². The number of rotatable bonds is 19. The topological polar surface area (TPSA) is 89.5 Å². The summed E-state index contributed by atoms with van der Waals surface area (Å²) in [5.74, 6) is -1.88. The van der Waals surface area contributed by atoms with Crippen LogP contribution in [0.1, 0.15) is 33.6 Å². The smallest absolute Gasteiger partial charge is 0.411 e. The van der Waals surface area contributed by atoms with Gasteiger partial charge in [-0.25, -0.2) is 4.79 Å². The molecule has 0 fully saturated rings. The lowest BCUT2D eigenvalue weighted by Gasteiger charge is -2.20. The molecule has 0 amide bonds. The van der Waals surface area contributed by atoms with Crippen LogP contribution in [-0.4, -0.2) is 89.4 Å². The number of unbranched alkanes of at least 4 members (excludes halogenated alkanes) is 1. The molecule has 2 unspecified atom stereocenters. The largest absolute Gasteiger partial charge is 0.457 e. The van der Waals surface area contributed by atoms with Gasteiger partial charge in [0, 0.05) is 18.8 Å². The lowest BCUT2D eigenvalue weighted by Crippen LogP contribution is -2.32. The molecule has 2 atom stereocenters. The second-order valence-corrected chi connectivity index (χ2v) is 8.14. The molecule has 0 bridgehead atoms. The first-order valence-corrected chi connectivity index (χ1v) is 11.1. The molecule has 0 aliphatic carbocycles. The number of halogens is 6. The van der Waals surface area contributed by atoms with Gasteiger partial charge in [0.2, 0.25) is 0 Å². The third kappa shape index (κ3) is 20.3. The highest BCUT2D eigenvalue weighted by Crippen LogP contribution is 2.16. The van der Waals surface area contributed by atoms with E-state index in [1.165, 1.54) is 6.92 Å². The van der Waals surface area contributed by atoms with E-state index in [0.29, 0.717) is 12.8 Å². The number of esters is 2. The van der Waals surface area contributed by atoms with Crippen LogP contribution in [-0.2, 0) is 38.0 Å². The number of hydrogen-bond donors (Lipinski definition) is 0. The molecular weight excluding hydrogens is 506 g/mol. The first-order chi connectivity index (χ1) is 16.6. The van der Waals surface area contributed by atoms with Crippen molar-refractivity contribution in [2.45, 2.75) is 58.2 Å². The molecule has 0 saturated carbocycles. The Morgan fingerprint density at radius 3 is 1.47 bits per heavy atom. The maximum absolute atomic E-state index is 12.3. The van der Waals surface area contributed by atoms with Gasteiger partial charge >= 0.3 is 24.3 Å². The molecule has 0 radical (unpaired) electrons. The van der Waals surface area contributed by atoms with Gasteiger partial charge in [-0.15, -0.1) is 0 Å². The summed E-state index contributed by atoms with van der Waals surface area (Å²) in [6.45, 7) is 3.88. The molecule has 36 heavy (non-hydrogen) atoms. The highest BCUT2D eigenvalue weighted by Gasteiger charge is 2.29. The lowest BCUT2D eigenvalue weighted by atomic mass is 10.2. The normalized spacial score (nSPS) is 13.9. The first kappa shape index (κ1) is 34.1. The van der Waals surface area contributed by atoms with Crippen molar-refractivity contribution in [3.8, 4) is 0 Å². The Labute approximate surface area is 206 Å². The zero-order chi connectivity index (χ0) is 27.8. The molecule has 0 aliphatic heterocycles. The van der Waals surface area contributed by atoms with E-state index < -0.39 is 68.8 Å². The molecule has 0 aliphatic rings. The van der Waals surface area contributed by atoms with E-state index in [9.17, 15) is 35.9 Å². The van der Waals surface area contributed by atoms with Gasteiger partial charge in [0.15, 0.2) is 0 Å². The van der Waals surface area contributed by atoms with Crippen molar-refractivity contribution in [2.75, 3.05) is 52.9 Å². The summed E-state index contributed by atoms with van der Waals surface area (Å²) < 4.78 is 103. The van der Waals surface area contributed by atoms with Crippen molar-refractivity contribution in [1.82, 2.24) is 0 Å². The van der Waals surface area contributed by atoms with Crippen LogP contribution in [0.5, 0.6) is 0 Å². The zero-order valence-corrected chi connectivity index (χ0v) is 20.5. The number of ether oxygens (including phenoxy) is 6. The van der Waals surface area contributed by atoms with Crippen molar-refractivity contribution >= 4 is 11.9 Å². The summed E-state index contributed by atoms with van der Waals surface area (Å²) in [4.78, 5) is 23.3. The monoisotopic (exact) mass is 540 g/mol. The molecule has 0 rings (SSSR count). The van der Waals surface area contributed by atoms with Gasteiger partial charge in [-0.2, -0.15) is 26.3 Å². The Morgan fingerprint density at radius 1 is 0.722 bits per heavy atom. The summed E-state index contributed by atoms with van der Waals surface area (Å²) in [7, 11) is 0. The Hall–Kier alpha value is -1.90. The molecule has 0 aromatic heterocycles. The number of hydrogen-bond acceptors (Lipinski definition) is 8. The maximum Gasteiger partial charge on any atom is 0.411 e. The number of alkyl halides is 6. The van der Waals surface area contributed by atoms with Crippen molar-refractivity contribution in [1.29, 1.82) is 0 Å². The molecule has 0 aromatic rings. The molecular formula is C22H34F6O8. The average molecular weight is 540 g/mol. The molecule has 212 valence electrons. The van der Waals surface area contributed by atoms with Gasteiger partial charge in [-0.05, 0) is 19.8 Å². The van der Waals surface area contributed by atoms with Gasteiger partial charge in [0.25, 0.3) is 0 Å². The van der Waals surface area contributed by atoms with E-state index in [2.05, 4.69) is 16.1 Å². The average Bonchev–Trinajstić information content (AvgIpc) is 2.72. The fourth-order valence-corrected chi connectivity index (χ4v) is 2.23. The van der Waals surface area contributed by atoms with Gasteiger partial charge in [-0.1, -0.05) is 20.4 Å². The molecule has 14 heteroatoms. The van der Waals surface area contributed by atoms with E-state index in [1.807, 2.05) is 0 Å². The van der Waals surface area contributed by atoms with Crippen molar-refractivity contribution in [2.24, 2.45) is 5.92 Å². The molecule has 0 N–H and O–H groups in total. The van der Waals surface area contributed by atoms with E-state index >= 15 is 0 Å². The summed E-state index contributed by atoms with van der Waals surface area (Å²) in [5, 5.41) is 0. The van der Waals surface area contributed by atoms with E-state index in [0.717, 1.165) is 0 Å². The predicted octanol–water partition coefficient (Wildman–Crippen LogP) is 4.01. The van der Waals surface area contributed by atoms with Crippen LogP contribution in [0.3, 0.4) is 0 Å². The Kier molecular flexibility index (Phi) is 16.6. The third-order valence-electron chi connectivity index (χ3n) is 3.95. The summed E-state index contributed by atoms with van der Waals surface area (Å²) in [6.07, 6.45) is -10.2. The third-order valence-corrected chi connectivity index (χ3v) is 3.95. The predicted molar refractivity (Wildman–Crippen MR) is 114 cm³/mol. The van der Waals surface area contributed by atoms with Crippen LogP contribution in [0.15, 0.2) is 12.2 Å². The number of carbonyl (C=O) groups is 2. The van der Waals surface area contributed by atoms with Crippen molar-refractivity contribution in [3.63, 3.8) is 0 Å². The fraction of sp³-hybridized carbons (Fsp3) is 0.818. The van der Waals surface area contributed by atoms with Gasteiger partial charge < -0.3 is 28.4 Å². The minimum absolute atomic E-state index is 0.0640. The van der Waals surface area contributed by atoms with E-state index in [1.54, 1.807) is 13.8 Å². The SMILES string of the molecule is C=C(C)C(=O)OC(COCCCCOCC(COCC(F)(F)F)OC(=O)C(C)C)COCC(F)(F)F. The van der Waals surface area contributed by atoms with Gasteiger partial charge in [0.05, 0.1) is 32.3 Å². The van der Waals surface area contributed by atoms with Crippen LogP contribution in [0, 0.1) is 5.92 Å². The summed E-state index contributed by atoms with van der Waals surface area (Å²) in [6, 6.07) is 0. The minimum atomic E-state index is -4.53. The summed E-state index contributed by atoms with van der Waals surface area (Å²) in [5.41, 5.74) is 0.0640. The van der Waals surface area contributed by atoms with Crippen LogP contribution >= 0.6 is 0 Å². The Bertz CT molecular complexity index is 651. The Morgan fingerprint density at radius 2 is 1.11 bits per heavy atom. The molecule has 8 nitrogen and oxygen atoms in total. The van der Waals surface area contributed by atoms with Crippen LogP contribution in [0.25, 0.3) is 0 Å². The highest BCUT2D eigenvalue weighted by molar-refractivity contribution is 5.87. The van der Waals surface area contributed by atoms with Crippen molar-refractivity contribution in [3.05, 3.63) is 12.2 Å². The molecule has 0 heterocycles. The molecule has 0 saturated heterocycles. The quantitative estimate of drug-likeness (QED) is 0.105. The van der Waals surface area contributed by atoms with Crippen molar-refractivity contribution < 1.29 is 64.4 Å². The maximum atomic E-state index is 12.3. The lowest BCUT2D eigenvalue weighted by molar-refractivity contribution is -0.187. The van der Waals surface area contributed by atoms with Gasteiger partial charge in [0.1, 0.15) is 25.4 Å². The number of carbonyl (C=O) groups excluding carboxylic acids is 2. The fourth-order valence-electron chi connectivity index (χ4n) is 2.23. The first-order valence-electron chi connectivity index (χ1n) is 11.1. The van der Waals surface area contributed by atoms with E-state index in [4.69, 9.17) is 18.9 Å². The Balaban J connectivity index is 4.31. The van der Waals surface area contributed by atoms with Gasteiger partial charge in [-0.3, -0.25) is 4.79 Å². The van der Waals surface area contributed by atoms with Crippen LogP contribution in [0.2, 0.25) is 0 Å². The second-order valence-electron chi connectivity index (χ2n) is 8.14. The zero-order valence-electron chi connectivity index (χ0n) is 20.5. The highest BCUT2D eigenvalue weighted by atomic mass is 19.4. The minimum Gasteiger partial charge on any atom is -0.457 e.